The Morgan fingerprint density at radius 1 is 0.909 bits per heavy atom. The van der Waals surface area contributed by atoms with Gasteiger partial charge in [0.15, 0.2) is 0 Å². The summed E-state index contributed by atoms with van der Waals surface area (Å²) in [6.45, 7) is 3.99. The summed E-state index contributed by atoms with van der Waals surface area (Å²) >= 11 is 1.82. The van der Waals surface area contributed by atoms with Gasteiger partial charge in [-0.25, -0.2) is 8.42 Å². The van der Waals surface area contributed by atoms with Crippen molar-refractivity contribution < 1.29 is 13.2 Å². The molecule has 1 N–H and O–H groups in total. The molecule has 3 aromatic rings. The number of hydrogen-bond donors (Lipinski definition) is 1. The molecule has 0 radical (unpaired) electrons. The second-order valence-electron chi connectivity index (χ2n) is 7.85. The van der Waals surface area contributed by atoms with Gasteiger partial charge < -0.3 is 5.32 Å². The Kier molecular flexibility index (Phi) is 8.97. The van der Waals surface area contributed by atoms with Crippen LogP contribution in [0.3, 0.4) is 0 Å². The SMILES string of the molecule is Cc1ccc(S(=O)(=O)N(CC(=O)NCCCSCc2ccccc2)c2ccccc2C)cc1. The first kappa shape index (κ1) is 24.9. The molecule has 0 aliphatic carbocycles. The third kappa shape index (κ3) is 7.11. The van der Waals surface area contributed by atoms with Gasteiger partial charge in [0.25, 0.3) is 10.0 Å². The van der Waals surface area contributed by atoms with Gasteiger partial charge in [-0.05, 0) is 55.3 Å². The molecule has 0 bridgehead atoms. The topological polar surface area (TPSA) is 66.5 Å². The van der Waals surface area contributed by atoms with Crippen molar-refractivity contribution in [2.24, 2.45) is 0 Å². The number of anilines is 1. The van der Waals surface area contributed by atoms with Crippen LogP contribution in [0.5, 0.6) is 0 Å². The second kappa shape index (κ2) is 11.9. The van der Waals surface area contributed by atoms with Crippen molar-refractivity contribution in [2.75, 3.05) is 23.1 Å². The van der Waals surface area contributed by atoms with E-state index in [0.29, 0.717) is 12.2 Å². The van der Waals surface area contributed by atoms with E-state index in [4.69, 9.17) is 0 Å². The van der Waals surface area contributed by atoms with Crippen molar-refractivity contribution in [2.45, 2.75) is 30.9 Å². The fraction of sp³-hybridized carbons (Fsp3) is 0.269. The molecule has 7 heteroatoms. The van der Waals surface area contributed by atoms with Crippen LogP contribution in [0.1, 0.15) is 23.1 Å². The molecule has 0 fully saturated rings. The maximum Gasteiger partial charge on any atom is 0.264 e. The number of amides is 1. The molecule has 0 saturated carbocycles. The molecular formula is C26H30N2O3S2. The number of benzene rings is 3. The summed E-state index contributed by atoms with van der Waals surface area (Å²) < 4.78 is 28.0. The lowest BCUT2D eigenvalue weighted by Gasteiger charge is -2.25. The summed E-state index contributed by atoms with van der Waals surface area (Å²) in [6.07, 6.45) is 0.818. The lowest BCUT2D eigenvalue weighted by Crippen LogP contribution is -2.41. The minimum atomic E-state index is -3.89. The van der Waals surface area contributed by atoms with Gasteiger partial charge in [-0.3, -0.25) is 9.10 Å². The van der Waals surface area contributed by atoms with E-state index in [0.717, 1.165) is 29.1 Å². The predicted molar refractivity (Wildman–Crippen MR) is 137 cm³/mol. The highest BCUT2D eigenvalue weighted by atomic mass is 32.2. The van der Waals surface area contributed by atoms with Gasteiger partial charge in [-0.15, -0.1) is 0 Å². The third-order valence-electron chi connectivity index (χ3n) is 5.18. The maximum atomic E-state index is 13.4. The van der Waals surface area contributed by atoms with Crippen LogP contribution in [0.25, 0.3) is 0 Å². The number of nitrogens with zero attached hydrogens (tertiary/aromatic N) is 1. The molecule has 0 aliphatic rings. The van der Waals surface area contributed by atoms with Gasteiger partial charge in [0.1, 0.15) is 6.54 Å². The number of nitrogens with one attached hydrogen (secondary N) is 1. The molecule has 33 heavy (non-hydrogen) atoms. The number of carbonyl (C=O) groups is 1. The van der Waals surface area contributed by atoms with Crippen molar-refractivity contribution in [1.29, 1.82) is 0 Å². The Hall–Kier alpha value is -2.77. The van der Waals surface area contributed by atoms with E-state index < -0.39 is 10.0 Å². The summed E-state index contributed by atoms with van der Waals surface area (Å²) in [5.41, 5.74) is 3.55. The van der Waals surface area contributed by atoms with Crippen molar-refractivity contribution in [1.82, 2.24) is 5.32 Å². The number of para-hydroxylation sites is 1. The highest BCUT2D eigenvalue weighted by Gasteiger charge is 2.28. The van der Waals surface area contributed by atoms with Crippen molar-refractivity contribution in [3.8, 4) is 0 Å². The quantitative estimate of drug-likeness (QED) is 0.393. The zero-order valence-electron chi connectivity index (χ0n) is 19.0. The Morgan fingerprint density at radius 2 is 1.58 bits per heavy atom. The average molecular weight is 483 g/mol. The van der Waals surface area contributed by atoms with Crippen molar-refractivity contribution in [3.05, 3.63) is 95.6 Å². The molecule has 3 aromatic carbocycles. The summed E-state index contributed by atoms with van der Waals surface area (Å²) in [6, 6.07) is 24.1. The Labute approximate surface area is 201 Å². The fourth-order valence-corrected chi connectivity index (χ4v) is 5.74. The standard InChI is InChI=1S/C26H30N2O3S2/c1-21-13-15-24(16-14-21)33(30,31)28(25-12-7-6-9-22(25)2)19-26(29)27-17-8-18-32-20-23-10-4-3-5-11-23/h3-7,9-16H,8,17-20H2,1-2H3,(H,27,29). The van der Waals surface area contributed by atoms with E-state index >= 15 is 0 Å². The van der Waals surface area contributed by atoms with Crippen LogP contribution >= 0.6 is 11.8 Å². The summed E-state index contributed by atoms with van der Waals surface area (Å²) in [5.74, 6) is 1.53. The zero-order chi connectivity index (χ0) is 23.7. The molecule has 1 amide bonds. The molecule has 174 valence electrons. The molecule has 0 heterocycles. The fourth-order valence-electron chi connectivity index (χ4n) is 3.33. The van der Waals surface area contributed by atoms with Crippen LogP contribution < -0.4 is 9.62 Å². The van der Waals surface area contributed by atoms with Gasteiger partial charge in [0.05, 0.1) is 10.6 Å². The van der Waals surface area contributed by atoms with E-state index in [-0.39, 0.29) is 17.3 Å². The van der Waals surface area contributed by atoms with Crippen LogP contribution in [0.15, 0.2) is 83.8 Å². The highest BCUT2D eigenvalue weighted by Crippen LogP contribution is 2.26. The first-order valence-electron chi connectivity index (χ1n) is 10.9. The Balaban J connectivity index is 1.61. The molecule has 0 atom stereocenters. The number of carbonyl (C=O) groups excluding carboxylic acids is 1. The summed E-state index contributed by atoms with van der Waals surface area (Å²) in [5, 5.41) is 2.88. The Bertz CT molecular complexity index is 1150. The van der Waals surface area contributed by atoms with Crippen LogP contribution in [-0.4, -0.2) is 33.2 Å². The van der Waals surface area contributed by atoms with Gasteiger partial charge in [0, 0.05) is 12.3 Å². The van der Waals surface area contributed by atoms with E-state index in [9.17, 15) is 13.2 Å². The van der Waals surface area contributed by atoms with Crippen molar-refractivity contribution in [3.63, 3.8) is 0 Å². The molecule has 5 nitrogen and oxygen atoms in total. The highest BCUT2D eigenvalue weighted by molar-refractivity contribution is 7.98. The number of sulfonamides is 1. The predicted octanol–water partition coefficient (Wildman–Crippen LogP) is 4.94. The van der Waals surface area contributed by atoms with Crippen LogP contribution in [0.4, 0.5) is 5.69 Å². The van der Waals surface area contributed by atoms with E-state index in [1.165, 1.54) is 9.87 Å². The molecule has 0 spiro atoms. The number of aryl methyl sites for hydroxylation is 2. The van der Waals surface area contributed by atoms with E-state index in [1.807, 2.05) is 55.9 Å². The van der Waals surface area contributed by atoms with Crippen LogP contribution in [0, 0.1) is 13.8 Å². The molecule has 0 aliphatic heterocycles. The minimum Gasteiger partial charge on any atom is -0.354 e. The summed E-state index contributed by atoms with van der Waals surface area (Å²) in [7, 11) is -3.89. The smallest absolute Gasteiger partial charge is 0.264 e. The van der Waals surface area contributed by atoms with E-state index in [1.54, 1.807) is 36.4 Å². The van der Waals surface area contributed by atoms with Gasteiger partial charge >= 0.3 is 0 Å². The molecule has 3 rings (SSSR count). The molecule has 0 saturated heterocycles. The lowest BCUT2D eigenvalue weighted by atomic mass is 10.2. The number of rotatable bonds is 11. The maximum absolute atomic E-state index is 13.4. The second-order valence-corrected chi connectivity index (χ2v) is 10.8. The van der Waals surface area contributed by atoms with Gasteiger partial charge in [-0.2, -0.15) is 11.8 Å². The first-order valence-corrected chi connectivity index (χ1v) is 13.5. The minimum absolute atomic E-state index is 0.168. The average Bonchev–Trinajstić information content (AvgIpc) is 2.81. The molecule has 0 unspecified atom stereocenters. The van der Waals surface area contributed by atoms with Crippen LogP contribution in [0.2, 0.25) is 0 Å². The lowest BCUT2D eigenvalue weighted by molar-refractivity contribution is -0.119. The van der Waals surface area contributed by atoms with Gasteiger partial charge in [-0.1, -0.05) is 66.2 Å². The van der Waals surface area contributed by atoms with E-state index in [2.05, 4.69) is 17.4 Å². The number of thioether (sulfide) groups is 1. The first-order chi connectivity index (χ1) is 15.9. The van der Waals surface area contributed by atoms with Crippen LogP contribution in [-0.2, 0) is 20.6 Å². The number of hydrogen-bond acceptors (Lipinski definition) is 4. The third-order valence-corrected chi connectivity index (χ3v) is 8.07. The van der Waals surface area contributed by atoms with Gasteiger partial charge in [0.2, 0.25) is 5.91 Å². The molecular weight excluding hydrogens is 452 g/mol. The summed E-state index contributed by atoms with van der Waals surface area (Å²) in [4.78, 5) is 12.9. The monoisotopic (exact) mass is 482 g/mol. The normalized spacial score (nSPS) is 11.2. The zero-order valence-corrected chi connectivity index (χ0v) is 20.7. The molecule has 0 aromatic heterocycles. The largest absolute Gasteiger partial charge is 0.354 e. The Morgan fingerprint density at radius 3 is 2.27 bits per heavy atom. The van der Waals surface area contributed by atoms with Crippen molar-refractivity contribution >= 4 is 33.4 Å².